The molecule has 0 aliphatic heterocycles. The minimum absolute atomic E-state index is 0.355. The Kier molecular flexibility index (Phi) is 5.04. The zero-order valence-electron chi connectivity index (χ0n) is 13.1. The summed E-state index contributed by atoms with van der Waals surface area (Å²) in [4.78, 5) is 6.51. The van der Waals surface area contributed by atoms with Crippen LogP contribution in [0.5, 0.6) is 5.75 Å². The number of rotatable bonds is 6. The van der Waals surface area contributed by atoms with Crippen molar-refractivity contribution in [3.63, 3.8) is 0 Å². The van der Waals surface area contributed by atoms with E-state index in [1.54, 1.807) is 7.11 Å². The summed E-state index contributed by atoms with van der Waals surface area (Å²) in [6, 6.07) is 12.6. The third-order valence-electron chi connectivity index (χ3n) is 3.78. The number of anilines is 2. The molecule has 0 radical (unpaired) electrons. The number of para-hydroxylation sites is 1. The minimum Gasteiger partial charge on any atom is -0.496 e. The fraction of sp³-hybridized carbons (Fsp3) is 0.353. The average molecular weight is 285 g/mol. The largest absolute Gasteiger partial charge is 0.496 e. The van der Waals surface area contributed by atoms with Gasteiger partial charge in [-0.05, 0) is 31.0 Å². The van der Waals surface area contributed by atoms with E-state index in [4.69, 9.17) is 4.74 Å². The second kappa shape index (κ2) is 6.97. The van der Waals surface area contributed by atoms with E-state index < -0.39 is 0 Å². The van der Waals surface area contributed by atoms with Gasteiger partial charge in [0.1, 0.15) is 11.6 Å². The second-order valence-electron chi connectivity index (χ2n) is 5.13. The van der Waals surface area contributed by atoms with Crippen LogP contribution in [0, 0.1) is 0 Å². The lowest BCUT2D eigenvalue weighted by atomic mass is 10.0. The van der Waals surface area contributed by atoms with E-state index in [1.165, 1.54) is 5.56 Å². The van der Waals surface area contributed by atoms with Crippen LogP contribution in [0.4, 0.5) is 11.5 Å². The Morgan fingerprint density at radius 2 is 2.05 bits per heavy atom. The van der Waals surface area contributed by atoms with Gasteiger partial charge in [0, 0.05) is 38.1 Å². The van der Waals surface area contributed by atoms with Gasteiger partial charge in [0.25, 0.3) is 0 Å². The van der Waals surface area contributed by atoms with Gasteiger partial charge in [-0.2, -0.15) is 0 Å². The molecule has 4 nitrogen and oxygen atoms in total. The number of nitrogens with zero attached hydrogens (tertiary/aromatic N) is 2. The summed E-state index contributed by atoms with van der Waals surface area (Å²) in [5, 5.41) is 3.07. The number of hydrogen-bond acceptors (Lipinski definition) is 4. The lowest BCUT2D eigenvalue weighted by molar-refractivity contribution is 0.408. The summed E-state index contributed by atoms with van der Waals surface area (Å²) in [7, 11) is 5.70. The van der Waals surface area contributed by atoms with Crippen LogP contribution in [0.3, 0.4) is 0 Å². The molecule has 0 saturated carbocycles. The monoisotopic (exact) mass is 285 g/mol. The highest BCUT2D eigenvalue weighted by Gasteiger charge is 2.13. The van der Waals surface area contributed by atoms with E-state index in [2.05, 4.69) is 47.4 Å². The van der Waals surface area contributed by atoms with Crippen LogP contribution < -0.4 is 15.0 Å². The van der Waals surface area contributed by atoms with Crippen molar-refractivity contribution in [3.05, 3.63) is 48.2 Å². The third-order valence-corrected chi connectivity index (χ3v) is 3.78. The molecule has 1 heterocycles. The Hall–Kier alpha value is -2.23. The van der Waals surface area contributed by atoms with Crippen molar-refractivity contribution < 1.29 is 4.74 Å². The molecule has 0 bridgehead atoms. The van der Waals surface area contributed by atoms with Gasteiger partial charge < -0.3 is 15.0 Å². The number of benzene rings is 1. The van der Waals surface area contributed by atoms with E-state index in [-0.39, 0.29) is 0 Å². The van der Waals surface area contributed by atoms with Crippen LogP contribution in [0.2, 0.25) is 0 Å². The van der Waals surface area contributed by atoms with Gasteiger partial charge in [-0.15, -0.1) is 0 Å². The maximum atomic E-state index is 5.43. The van der Waals surface area contributed by atoms with Crippen LogP contribution in [0.1, 0.15) is 12.5 Å². The number of ether oxygens (including phenoxy) is 1. The quantitative estimate of drug-likeness (QED) is 0.884. The van der Waals surface area contributed by atoms with Crippen LogP contribution in [0.25, 0.3) is 0 Å². The molecule has 112 valence electrons. The molecule has 4 heteroatoms. The van der Waals surface area contributed by atoms with Crippen molar-refractivity contribution in [3.8, 4) is 5.75 Å². The van der Waals surface area contributed by atoms with Gasteiger partial charge in [-0.25, -0.2) is 4.98 Å². The Labute approximate surface area is 126 Å². The zero-order chi connectivity index (χ0) is 15.2. The first kappa shape index (κ1) is 15.2. The minimum atomic E-state index is 0.355. The average Bonchev–Trinajstić information content (AvgIpc) is 2.54. The Bertz CT molecular complexity index is 586. The van der Waals surface area contributed by atoms with E-state index in [0.29, 0.717) is 6.04 Å². The lowest BCUT2D eigenvalue weighted by Crippen LogP contribution is -2.30. The first-order valence-electron chi connectivity index (χ1n) is 7.14. The van der Waals surface area contributed by atoms with Crippen LogP contribution in [0.15, 0.2) is 42.6 Å². The molecular weight excluding hydrogens is 262 g/mol. The Morgan fingerprint density at radius 3 is 2.76 bits per heavy atom. The molecule has 0 saturated heterocycles. The molecular formula is C17H23N3O. The van der Waals surface area contributed by atoms with Crippen molar-refractivity contribution in [2.24, 2.45) is 0 Å². The predicted octanol–water partition coefficient (Wildman–Crippen LogP) is 3.20. The standard InChI is InChI=1S/C17H23N3O/c1-13(11-14-7-5-6-8-16(14)21-4)20(3)15-9-10-19-17(12-15)18-2/h5-10,12-13H,11H2,1-4H3,(H,18,19). The molecule has 0 spiro atoms. The fourth-order valence-electron chi connectivity index (χ4n) is 2.36. The van der Waals surface area contributed by atoms with Crippen LogP contribution in [-0.2, 0) is 6.42 Å². The molecule has 1 atom stereocenters. The van der Waals surface area contributed by atoms with E-state index in [1.807, 2.05) is 31.4 Å². The molecule has 2 rings (SSSR count). The summed E-state index contributed by atoms with van der Waals surface area (Å²) in [6.07, 6.45) is 2.76. The van der Waals surface area contributed by atoms with Crippen molar-refractivity contribution in [2.75, 3.05) is 31.4 Å². The van der Waals surface area contributed by atoms with Gasteiger partial charge >= 0.3 is 0 Å². The zero-order valence-corrected chi connectivity index (χ0v) is 13.1. The summed E-state index contributed by atoms with van der Waals surface area (Å²) in [5.74, 6) is 1.83. The van der Waals surface area contributed by atoms with Crippen LogP contribution in [-0.4, -0.2) is 32.2 Å². The number of methoxy groups -OCH3 is 1. The number of nitrogens with one attached hydrogen (secondary N) is 1. The first-order valence-corrected chi connectivity index (χ1v) is 7.14. The van der Waals surface area contributed by atoms with Gasteiger partial charge in [-0.1, -0.05) is 18.2 Å². The Morgan fingerprint density at radius 1 is 1.29 bits per heavy atom. The SMILES string of the molecule is CNc1cc(N(C)C(C)Cc2ccccc2OC)ccn1. The maximum Gasteiger partial charge on any atom is 0.127 e. The molecule has 1 N–H and O–H groups in total. The highest BCUT2D eigenvalue weighted by Crippen LogP contribution is 2.23. The molecule has 0 aliphatic carbocycles. The van der Waals surface area contributed by atoms with Crippen molar-refractivity contribution >= 4 is 11.5 Å². The topological polar surface area (TPSA) is 37.4 Å². The third kappa shape index (κ3) is 3.66. The summed E-state index contributed by atoms with van der Waals surface area (Å²) < 4.78 is 5.43. The van der Waals surface area contributed by atoms with Gasteiger partial charge in [0.2, 0.25) is 0 Å². The van der Waals surface area contributed by atoms with Crippen molar-refractivity contribution in [1.29, 1.82) is 0 Å². The predicted molar refractivity (Wildman–Crippen MR) is 88.3 cm³/mol. The summed E-state index contributed by atoms with van der Waals surface area (Å²) in [5.41, 5.74) is 2.37. The summed E-state index contributed by atoms with van der Waals surface area (Å²) in [6.45, 7) is 2.21. The smallest absolute Gasteiger partial charge is 0.127 e. The second-order valence-corrected chi connectivity index (χ2v) is 5.13. The Balaban J connectivity index is 2.13. The molecule has 21 heavy (non-hydrogen) atoms. The highest BCUT2D eigenvalue weighted by atomic mass is 16.5. The number of aromatic nitrogens is 1. The van der Waals surface area contributed by atoms with Crippen molar-refractivity contribution in [1.82, 2.24) is 4.98 Å². The van der Waals surface area contributed by atoms with Gasteiger partial charge in [0.05, 0.1) is 7.11 Å². The molecule has 1 unspecified atom stereocenters. The molecule has 2 aromatic rings. The number of likely N-dealkylation sites (N-methyl/N-ethyl adjacent to an activating group) is 1. The molecule has 1 aromatic heterocycles. The molecule has 0 aliphatic rings. The highest BCUT2D eigenvalue weighted by molar-refractivity contribution is 5.54. The maximum absolute atomic E-state index is 5.43. The fourth-order valence-corrected chi connectivity index (χ4v) is 2.36. The van der Waals surface area contributed by atoms with E-state index in [9.17, 15) is 0 Å². The molecule has 0 amide bonds. The lowest BCUT2D eigenvalue weighted by Gasteiger charge is -2.27. The number of hydrogen-bond donors (Lipinski definition) is 1. The van der Waals surface area contributed by atoms with Gasteiger partial charge in [-0.3, -0.25) is 0 Å². The number of pyridine rings is 1. The molecule has 1 aromatic carbocycles. The normalized spacial score (nSPS) is 11.8. The van der Waals surface area contributed by atoms with E-state index >= 15 is 0 Å². The first-order chi connectivity index (χ1) is 10.2. The van der Waals surface area contributed by atoms with Gasteiger partial charge in [0.15, 0.2) is 0 Å². The van der Waals surface area contributed by atoms with Crippen LogP contribution >= 0.6 is 0 Å². The summed E-state index contributed by atoms with van der Waals surface area (Å²) >= 11 is 0. The molecule has 0 fully saturated rings. The van der Waals surface area contributed by atoms with E-state index in [0.717, 1.165) is 23.7 Å². The van der Waals surface area contributed by atoms with Crippen molar-refractivity contribution in [2.45, 2.75) is 19.4 Å².